The van der Waals surface area contributed by atoms with Gasteiger partial charge in [0.1, 0.15) is 0 Å². The molecule has 1 saturated carbocycles. The molecule has 0 amide bonds. The number of rotatable bonds is 2. The van der Waals surface area contributed by atoms with Crippen LogP contribution in [0.1, 0.15) is 50.3 Å². The lowest BCUT2D eigenvalue weighted by atomic mass is 9.73. The van der Waals surface area contributed by atoms with Crippen LogP contribution in [0, 0.1) is 29.1 Å². The average Bonchev–Trinajstić information content (AvgIpc) is 2.37. The lowest BCUT2D eigenvalue weighted by Gasteiger charge is -2.34. The Labute approximate surface area is 109 Å². The van der Waals surface area contributed by atoms with Crippen molar-refractivity contribution in [2.45, 2.75) is 39.2 Å². The summed E-state index contributed by atoms with van der Waals surface area (Å²) < 4.78 is 0. The number of aliphatic hydroxyl groups is 1. The van der Waals surface area contributed by atoms with Gasteiger partial charge in [0.15, 0.2) is 0 Å². The Kier molecular flexibility index (Phi) is 4.04. The number of benzene rings is 1. The minimum absolute atomic E-state index is 0.358. The van der Waals surface area contributed by atoms with Gasteiger partial charge in [-0.25, -0.2) is 0 Å². The Morgan fingerprint density at radius 3 is 2.17 bits per heavy atom. The molecule has 1 aromatic rings. The van der Waals surface area contributed by atoms with Gasteiger partial charge in [-0.05, 0) is 54.7 Å². The highest BCUT2D eigenvalue weighted by Crippen LogP contribution is 2.39. The van der Waals surface area contributed by atoms with Crippen LogP contribution in [0.2, 0.25) is 0 Å². The first-order chi connectivity index (χ1) is 8.60. The van der Waals surface area contributed by atoms with Gasteiger partial charge >= 0.3 is 0 Å². The summed E-state index contributed by atoms with van der Waals surface area (Å²) in [7, 11) is 0. The van der Waals surface area contributed by atoms with E-state index in [0.29, 0.717) is 23.3 Å². The van der Waals surface area contributed by atoms with E-state index in [9.17, 15) is 5.11 Å². The molecular formula is C16H21NO. The second-order valence-corrected chi connectivity index (χ2v) is 5.86. The Balaban J connectivity index is 2.10. The number of nitrogens with zero attached hydrogens (tertiary/aromatic N) is 1. The third-order valence-corrected chi connectivity index (χ3v) is 4.04. The summed E-state index contributed by atoms with van der Waals surface area (Å²) >= 11 is 0. The average molecular weight is 243 g/mol. The molecule has 2 nitrogen and oxygen atoms in total. The highest BCUT2D eigenvalue weighted by atomic mass is 16.3. The van der Waals surface area contributed by atoms with Crippen molar-refractivity contribution in [3.8, 4) is 6.07 Å². The number of hydrogen-bond acceptors (Lipinski definition) is 2. The highest BCUT2D eigenvalue weighted by Gasteiger charge is 2.29. The van der Waals surface area contributed by atoms with Gasteiger partial charge in [-0.1, -0.05) is 26.0 Å². The molecule has 0 radical (unpaired) electrons. The molecule has 1 aliphatic carbocycles. The van der Waals surface area contributed by atoms with Crippen molar-refractivity contribution in [1.29, 1.82) is 5.26 Å². The number of nitriles is 1. The van der Waals surface area contributed by atoms with Crippen LogP contribution in [-0.2, 0) is 0 Å². The van der Waals surface area contributed by atoms with Crippen molar-refractivity contribution in [1.82, 2.24) is 0 Å². The third-order valence-electron chi connectivity index (χ3n) is 4.04. The largest absolute Gasteiger partial charge is 0.388 e. The van der Waals surface area contributed by atoms with Crippen molar-refractivity contribution >= 4 is 0 Å². The highest BCUT2D eigenvalue weighted by molar-refractivity contribution is 5.32. The molecule has 3 unspecified atom stereocenters. The second-order valence-electron chi connectivity index (χ2n) is 5.86. The smallest absolute Gasteiger partial charge is 0.0991 e. The van der Waals surface area contributed by atoms with E-state index in [-0.39, 0.29) is 6.10 Å². The third kappa shape index (κ3) is 2.91. The van der Waals surface area contributed by atoms with E-state index in [4.69, 9.17) is 5.26 Å². The Hall–Kier alpha value is -1.33. The van der Waals surface area contributed by atoms with Crippen LogP contribution in [-0.4, -0.2) is 5.11 Å². The van der Waals surface area contributed by atoms with Crippen LogP contribution in [0.5, 0.6) is 0 Å². The molecule has 1 aliphatic rings. The van der Waals surface area contributed by atoms with Gasteiger partial charge in [0.05, 0.1) is 17.7 Å². The number of aliphatic hydroxyl groups excluding tert-OH is 1. The monoisotopic (exact) mass is 243 g/mol. The molecule has 0 bridgehead atoms. The van der Waals surface area contributed by atoms with Gasteiger partial charge in [0, 0.05) is 0 Å². The molecule has 2 rings (SSSR count). The Morgan fingerprint density at radius 1 is 1.11 bits per heavy atom. The minimum Gasteiger partial charge on any atom is -0.388 e. The molecule has 1 fully saturated rings. The summed E-state index contributed by atoms with van der Waals surface area (Å²) in [5.74, 6) is 1.76. The first-order valence-electron chi connectivity index (χ1n) is 6.78. The molecule has 1 aromatic carbocycles. The fraction of sp³-hybridized carbons (Fsp3) is 0.562. The van der Waals surface area contributed by atoms with Crippen LogP contribution >= 0.6 is 0 Å². The summed E-state index contributed by atoms with van der Waals surface area (Å²) in [6.07, 6.45) is 3.09. The molecular weight excluding hydrogens is 222 g/mol. The van der Waals surface area contributed by atoms with E-state index in [0.717, 1.165) is 18.4 Å². The van der Waals surface area contributed by atoms with Gasteiger partial charge in [0.25, 0.3) is 0 Å². The van der Waals surface area contributed by atoms with E-state index in [1.165, 1.54) is 6.42 Å². The summed E-state index contributed by atoms with van der Waals surface area (Å²) in [5.41, 5.74) is 1.59. The first-order valence-corrected chi connectivity index (χ1v) is 6.78. The maximum Gasteiger partial charge on any atom is 0.0991 e. The van der Waals surface area contributed by atoms with Crippen LogP contribution in [0.15, 0.2) is 24.3 Å². The van der Waals surface area contributed by atoms with Crippen molar-refractivity contribution in [3.05, 3.63) is 35.4 Å². The molecule has 3 atom stereocenters. The molecule has 0 heterocycles. The van der Waals surface area contributed by atoms with Gasteiger partial charge in [-0.15, -0.1) is 0 Å². The minimum atomic E-state index is -0.386. The predicted octanol–water partition coefficient (Wildman–Crippen LogP) is 3.66. The van der Waals surface area contributed by atoms with E-state index < -0.39 is 0 Å². The summed E-state index contributed by atoms with van der Waals surface area (Å²) in [5, 5.41) is 19.2. The zero-order valence-corrected chi connectivity index (χ0v) is 11.1. The normalized spacial score (nSPS) is 29.6. The van der Waals surface area contributed by atoms with Crippen LogP contribution in [0.25, 0.3) is 0 Å². The maximum absolute atomic E-state index is 10.5. The molecule has 0 aromatic heterocycles. The van der Waals surface area contributed by atoms with Gasteiger partial charge in [-0.2, -0.15) is 5.26 Å². The van der Waals surface area contributed by atoms with Crippen molar-refractivity contribution in [3.63, 3.8) is 0 Å². The van der Waals surface area contributed by atoms with Gasteiger partial charge in [0.2, 0.25) is 0 Å². The topological polar surface area (TPSA) is 44.0 Å². The molecule has 0 spiro atoms. The standard InChI is InChI=1S/C16H21NO/c1-11-7-12(2)9-15(8-11)16(18)14-5-3-13(10-17)4-6-14/h3-6,11-12,15-16,18H,7-9H2,1-2H3. The zero-order valence-electron chi connectivity index (χ0n) is 11.1. The molecule has 96 valence electrons. The lowest BCUT2D eigenvalue weighted by Crippen LogP contribution is -2.24. The van der Waals surface area contributed by atoms with Gasteiger partial charge < -0.3 is 5.11 Å². The van der Waals surface area contributed by atoms with Crippen LogP contribution in [0.3, 0.4) is 0 Å². The Bertz CT molecular complexity index is 421. The van der Waals surface area contributed by atoms with Crippen molar-refractivity contribution in [2.24, 2.45) is 17.8 Å². The molecule has 0 saturated heterocycles. The van der Waals surface area contributed by atoms with E-state index in [1.54, 1.807) is 12.1 Å². The summed E-state index contributed by atoms with van der Waals surface area (Å²) in [6, 6.07) is 9.44. The number of hydrogen-bond donors (Lipinski definition) is 1. The summed E-state index contributed by atoms with van der Waals surface area (Å²) in [6.45, 7) is 4.54. The Morgan fingerprint density at radius 2 is 1.67 bits per heavy atom. The SMILES string of the molecule is CC1CC(C)CC(C(O)c2ccc(C#N)cc2)C1. The molecule has 2 heteroatoms. The van der Waals surface area contributed by atoms with E-state index in [1.807, 2.05) is 12.1 Å². The second kappa shape index (κ2) is 5.54. The van der Waals surface area contributed by atoms with Crippen LogP contribution in [0.4, 0.5) is 0 Å². The van der Waals surface area contributed by atoms with Crippen LogP contribution < -0.4 is 0 Å². The predicted molar refractivity (Wildman–Crippen MR) is 71.8 cm³/mol. The molecule has 0 aliphatic heterocycles. The molecule has 1 N–H and O–H groups in total. The maximum atomic E-state index is 10.5. The lowest BCUT2D eigenvalue weighted by molar-refractivity contribution is 0.0552. The quantitative estimate of drug-likeness (QED) is 0.861. The van der Waals surface area contributed by atoms with Crippen molar-refractivity contribution < 1.29 is 5.11 Å². The van der Waals surface area contributed by atoms with Gasteiger partial charge in [-0.3, -0.25) is 0 Å². The first kappa shape index (κ1) is 13.1. The van der Waals surface area contributed by atoms with E-state index in [2.05, 4.69) is 19.9 Å². The fourth-order valence-electron chi connectivity index (χ4n) is 3.29. The van der Waals surface area contributed by atoms with Crippen molar-refractivity contribution in [2.75, 3.05) is 0 Å². The van der Waals surface area contributed by atoms with E-state index >= 15 is 0 Å². The molecule has 18 heavy (non-hydrogen) atoms. The fourth-order valence-corrected chi connectivity index (χ4v) is 3.29. The zero-order chi connectivity index (χ0) is 13.1. The summed E-state index contributed by atoms with van der Waals surface area (Å²) in [4.78, 5) is 0.